The number of thioether (sulfide) groups is 1. The average Bonchev–Trinajstić information content (AvgIpc) is 2.57. The van der Waals surface area contributed by atoms with Crippen LogP contribution in [0.2, 0.25) is 10.0 Å². The molecule has 2 rings (SSSR count). The third-order valence-electron chi connectivity index (χ3n) is 2.70. The van der Waals surface area contributed by atoms with Crippen LogP contribution in [0.5, 0.6) is 0 Å². The Bertz CT molecular complexity index is 751. The number of anilines is 1. The number of hydrogen-bond donors (Lipinski definition) is 1. The summed E-state index contributed by atoms with van der Waals surface area (Å²) in [5.41, 5.74) is 0.361. The molecule has 24 heavy (non-hydrogen) atoms. The minimum Gasteiger partial charge on any atom is -0.452 e. The van der Waals surface area contributed by atoms with Gasteiger partial charge < -0.3 is 10.1 Å². The SMILES string of the molecule is O=C(COC(=O)/C=C/Sc1ccccc1)Nc1cc(Cl)ccc1Cl. The second-order valence-corrected chi connectivity index (χ2v) is 6.34. The standard InChI is InChI=1S/C17H13Cl2NO3S/c18-12-6-7-14(19)15(10-12)20-16(21)11-23-17(22)8-9-24-13-4-2-1-3-5-13/h1-10H,11H2,(H,20,21)/b9-8+. The maximum Gasteiger partial charge on any atom is 0.331 e. The number of rotatable bonds is 6. The number of benzene rings is 2. The Balaban J connectivity index is 1.76. The zero-order valence-electron chi connectivity index (χ0n) is 12.4. The highest BCUT2D eigenvalue weighted by Crippen LogP contribution is 2.25. The lowest BCUT2D eigenvalue weighted by atomic mass is 10.3. The minimum absolute atomic E-state index is 0.346. The molecule has 0 heterocycles. The number of carbonyl (C=O) groups is 2. The fraction of sp³-hybridized carbons (Fsp3) is 0.0588. The van der Waals surface area contributed by atoms with Gasteiger partial charge in [-0.2, -0.15) is 0 Å². The lowest BCUT2D eigenvalue weighted by Gasteiger charge is -2.07. The molecule has 0 saturated carbocycles. The van der Waals surface area contributed by atoms with Gasteiger partial charge in [0.15, 0.2) is 6.61 Å². The van der Waals surface area contributed by atoms with E-state index in [1.807, 2.05) is 30.3 Å². The smallest absolute Gasteiger partial charge is 0.331 e. The molecular formula is C17H13Cl2NO3S. The van der Waals surface area contributed by atoms with Crippen LogP contribution in [-0.4, -0.2) is 18.5 Å². The second-order valence-electron chi connectivity index (χ2n) is 4.51. The molecule has 4 nitrogen and oxygen atoms in total. The molecule has 0 atom stereocenters. The summed E-state index contributed by atoms with van der Waals surface area (Å²) >= 11 is 13.1. The Labute approximate surface area is 153 Å². The number of hydrogen-bond acceptors (Lipinski definition) is 4. The molecule has 0 radical (unpaired) electrons. The molecule has 2 aromatic carbocycles. The Morgan fingerprint density at radius 2 is 1.88 bits per heavy atom. The highest BCUT2D eigenvalue weighted by molar-refractivity contribution is 8.02. The van der Waals surface area contributed by atoms with Gasteiger partial charge in [-0.1, -0.05) is 53.2 Å². The summed E-state index contributed by atoms with van der Waals surface area (Å²) in [7, 11) is 0. The van der Waals surface area contributed by atoms with E-state index in [1.54, 1.807) is 17.5 Å². The lowest BCUT2D eigenvalue weighted by molar-refractivity contribution is -0.142. The van der Waals surface area contributed by atoms with Crippen molar-refractivity contribution in [3.05, 3.63) is 70.1 Å². The first-order valence-corrected chi connectivity index (χ1v) is 8.48. The van der Waals surface area contributed by atoms with Gasteiger partial charge in [-0.3, -0.25) is 4.79 Å². The Morgan fingerprint density at radius 1 is 1.12 bits per heavy atom. The van der Waals surface area contributed by atoms with E-state index in [4.69, 9.17) is 27.9 Å². The van der Waals surface area contributed by atoms with E-state index in [-0.39, 0.29) is 0 Å². The van der Waals surface area contributed by atoms with Gasteiger partial charge in [0, 0.05) is 16.0 Å². The van der Waals surface area contributed by atoms with Gasteiger partial charge in [-0.05, 0) is 35.7 Å². The summed E-state index contributed by atoms with van der Waals surface area (Å²) < 4.78 is 4.86. The Morgan fingerprint density at radius 3 is 2.62 bits per heavy atom. The monoisotopic (exact) mass is 381 g/mol. The Kier molecular flexibility index (Phi) is 7.18. The molecule has 124 valence electrons. The van der Waals surface area contributed by atoms with Crippen molar-refractivity contribution in [3.8, 4) is 0 Å². The van der Waals surface area contributed by atoms with Crippen molar-refractivity contribution < 1.29 is 14.3 Å². The molecule has 7 heteroatoms. The van der Waals surface area contributed by atoms with Crippen molar-refractivity contribution in [2.45, 2.75) is 4.90 Å². The van der Waals surface area contributed by atoms with Crippen LogP contribution in [0, 0.1) is 0 Å². The molecule has 1 N–H and O–H groups in total. The van der Waals surface area contributed by atoms with E-state index < -0.39 is 18.5 Å². The molecule has 0 spiro atoms. The normalized spacial score (nSPS) is 10.6. The first-order valence-electron chi connectivity index (χ1n) is 6.84. The molecular weight excluding hydrogens is 369 g/mol. The third kappa shape index (κ3) is 6.28. The summed E-state index contributed by atoms with van der Waals surface area (Å²) in [4.78, 5) is 24.3. The van der Waals surface area contributed by atoms with Crippen molar-refractivity contribution in [1.29, 1.82) is 0 Å². The molecule has 0 aliphatic heterocycles. The molecule has 1 amide bonds. The molecule has 0 saturated heterocycles. The van der Waals surface area contributed by atoms with Crippen LogP contribution < -0.4 is 5.32 Å². The van der Waals surface area contributed by atoms with E-state index >= 15 is 0 Å². The van der Waals surface area contributed by atoms with Gasteiger partial charge in [-0.15, -0.1) is 0 Å². The zero-order chi connectivity index (χ0) is 17.4. The van der Waals surface area contributed by atoms with Crippen LogP contribution in [0.15, 0.2) is 64.9 Å². The first-order chi connectivity index (χ1) is 11.5. The molecule has 0 bridgehead atoms. The maximum absolute atomic E-state index is 11.8. The number of nitrogens with one attached hydrogen (secondary N) is 1. The summed E-state index contributed by atoms with van der Waals surface area (Å²) in [5, 5.41) is 4.91. The molecule has 0 aliphatic rings. The van der Waals surface area contributed by atoms with Crippen molar-refractivity contribution in [3.63, 3.8) is 0 Å². The number of halogens is 2. The highest BCUT2D eigenvalue weighted by Gasteiger charge is 2.08. The van der Waals surface area contributed by atoms with Gasteiger partial charge in [0.25, 0.3) is 5.91 Å². The summed E-state index contributed by atoms with van der Waals surface area (Å²) in [6.07, 6.45) is 1.26. The predicted molar refractivity (Wildman–Crippen MR) is 97.5 cm³/mol. The topological polar surface area (TPSA) is 55.4 Å². The van der Waals surface area contributed by atoms with Crippen LogP contribution in [0.3, 0.4) is 0 Å². The fourth-order valence-electron chi connectivity index (χ4n) is 1.63. The van der Waals surface area contributed by atoms with Gasteiger partial charge >= 0.3 is 5.97 Å². The third-order valence-corrected chi connectivity index (χ3v) is 4.08. The largest absolute Gasteiger partial charge is 0.452 e. The van der Waals surface area contributed by atoms with E-state index in [0.29, 0.717) is 15.7 Å². The van der Waals surface area contributed by atoms with E-state index in [1.165, 1.54) is 23.9 Å². The highest BCUT2D eigenvalue weighted by atomic mass is 35.5. The first kappa shape index (κ1) is 18.4. The molecule has 0 fully saturated rings. The van der Waals surface area contributed by atoms with E-state index in [2.05, 4.69) is 5.32 Å². The van der Waals surface area contributed by atoms with Gasteiger partial charge in [0.05, 0.1) is 10.7 Å². The van der Waals surface area contributed by atoms with Crippen LogP contribution in [0.25, 0.3) is 0 Å². The minimum atomic E-state index is -0.606. The lowest BCUT2D eigenvalue weighted by Crippen LogP contribution is -2.20. The molecule has 2 aromatic rings. The van der Waals surface area contributed by atoms with Crippen molar-refractivity contribution >= 4 is 52.5 Å². The summed E-state index contributed by atoms with van der Waals surface area (Å²) in [6, 6.07) is 14.2. The number of esters is 1. The Hall–Kier alpha value is -1.95. The van der Waals surface area contributed by atoms with Crippen molar-refractivity contribution in [2.75, 3.05) is 11.9 Å². The van der Waals surface area contributed by atoms with Crippen LogP contribution in [-0.2, 0) is 14.3 Å². The van der Waals surface area contributed by atoms with Gasteiger partial charge in [0.2, 0.25) is 0 Å². The molecule has 0 aromatic heterocycles. The number of ether oxygens (including phenoxy) is 1. The molecule has 0 unspecified atom stereocenters. The summed E-state index contributed by atoms with van der Waals surface area (Å²) in [6.45, 7) is -0.415. The van der Waals surface area contributed by atoms with Crippen molar-refractivity contribution in [2.24, 2.45) is 0 Å². The number of carbonyl (C=O) groups excluding carboxylic acids is 2. The average molecular weight is 382 g/mol. The maximum atomic E-state index is 11.8. The van der Waals surface area contributed by atoms with E-state index in [9.17, 15) is 9.59 Å². The predicted octanol–water partition coefficient (Wildman–Crippen LogP) is 4.78. The molecule has 0 aliphatic carbocycles. The van der Waals surface area contributed by atoms with Crippen LogP contribution in [0.1, 0.15) is 0 Å². The quantitative estimate of drug-likeness (QED) is 0.444. The number of amides is 1. The second kappa shape index (κ2) is 9.37. The van der Waals surface area contributed by atoms with Crippen LogP contribution >= 0.6 is 35.0 Å². The van der Waals surface area contributed by atoms with Gasteiger partial charge in [-0.25, -0.2) is 4.79 Å². The zero-order valence-corrected chi connectivity index (χ0v) is 14.7. The van der Waals surface area contributed by atoms with E-state index in [0.717, 1.165) is 4.90 Å². The fourth-order valence-corrected chi connectivity index (χ4v) is 2.62. The van der Waals surface area contributed by atoms with Crippen LogP contribution in [0.4, 0.5) is 5.69 Å². The summed E-state index contributed by atoms with van der Waals surface area (Å²) in [5.74, 6) is -1.11. The van der Waals surface area contributed by atoms with Crippen molar-refractivity contribution in [1.82, 2.24) is 0 Å². The van der Waals surface area contributed by atoms with Gasteiger partial charge in [0.1, 0.15) is 0 Å².